The summed E-state index contributed by atoms with van der Waals surface area (Å²) in [6.45, 7) is 2.24. The van der Waals surface area contributed by atoms with Crippen molar-refractivity contribution in [3.8, 4) is 11.1 Å². The summed E-state index contributed by atoms with van der Waals surface area (Å²) in [7, 11) is -3.42. The Morgan fingerprint density at radius 2 is 1.49 bits per heavy atom. The van der Waals surface area contributed by atoms with Gasteiger partial charge in [0, 0.05) is 12.5 Å². The highest BCUT2D eigenvalue weighted by Gasteiger charge is 2.28. The van der Waals surface area contributed by atoms with Gasteiger partial charge in [0.05, 0.1) is 23.2 Å². The van der Waals surface area contributed by atoms with E-state index in [1.165, 1.54) is 12.1 Å². The fraction of sp³-hybridized carbons (Fsp3) is 0.375. The van der Waals surface area contributed by atoms with Gasteiger partial charge in [0.25, 0.3) is 0 Å². The van der Waals surface area contributed by atoms with Crippen molar-refractivity contribution in [3.05, 3.63) is 89.7 Å². The molecule has 0 heterocycles. The van der Waals surface area contributed by atoms with Crippen LogP contribution in [-0.2, 0) is 26.0 Å². The number of sulfone groups is 1. The maximum Gasteiger partial charge on any atom is 0.317 e. The van der Waals surface area contributed by atoms with Crippen molar-refractivity contribution in [3.63, 3.8) is 0 Å². The van der Waals surface area contributed by atoms with E-state index in [0.717, 1.165) is 47.9 Å². The molecule has 1 aliphatic rings. The van der Waals surface area contributed by atoms with Gasteiger partial charge in [-0.1, -0.05) is 48.5 Å². The zero-order valence-electron chi connectivity index (χ0n) is 23.2. The molecule has 4 rings (SSSR count). The first-order chi connectivity index (χ1) is 19.6. The molecule has 3 N–H and O–H groups in total. The van der Waals surface area contributed by atoms with Gasteiger partial charge in [-0.25, -0.2) is 12.8 Å². The molecule has 0 saturated heterocycles. The van der Waals surface area contributed by atoms with E-state index in [0.29, 0.717) is 17.9 Å². The average Bonchev–Trinajstić information content (AvgIpc) is 2.97. The van der Waals surface area contributed by atoms with Crippen LogP contribution < -0.4 is 10.6 Å². The molecule has 0 spiro atoms. The number of hydrogen-bond donors (Lipinski definition) is 3. The van der Waals surface area contributed by atoms with Gasteiger partial charge in [0.15, 0.2) is 9.84 Å². The molecule has 3 aromatic carbocycles. The minimum atomic E-state index is -3.42. The van der Waals surface area contributed by atoms with Gasteiger partial charge in [-0.2, -0.15) is 0 Å². The maximum absolute atomic E-state index is 13.2. The smallest absolute Gasteiger partial charge is 0.317 e. The first-order valence-corrected chi connectivity index (χ1v) is 15.7. The van der Waals surface area contributed by atoms with E-state index in [-0.39, 0.29) is 41.9 Å². The number of benzene rings is 3. The van der Waals surface area contributed by atoms with Crippen LogP contribution in [0.2, 0.25) is 0 Å². The molecule has 1 saturated carbocycles. The van der Waals surface area contributed by atoms with E-state index in [1.807, 2.05) is 31.2 Å². The molecule has 0 aliphatic heterocycles. The second kappa shape index (κ2) is 13.9. The summed E-state index contributed by atoms with van der Waals surface area (Å²) < 4.78 is 39.2. The van der Waals surface area contributed by atoms with Crippen LogP contribution in [0.1, 0.15) is 56.2 Å². The number of halogens is 1. The number of carbonyl (C=O) groups excluding carboxylic acids is 1. The second-order valence-electron chi connectivity index (χ2n) is 10.8. The number of carboxylic acid groups (broad SMARTS) is 1. The Labute approximate surface area is 241 Å². The highest BCUT2D eigenvalue weighted by Crippen LogP contribution is 2.32. The molecule has 218 valence electrons. The third-order valence-corrected chi connectivity index (χ3v) is 9.61. The van der Waals surface area contributed by atoms with Crippen LogP contribution in [0.5, 0.6) is 0 Å². The van der Waals surface area contributed by atoms with Crippen LogP contribution in [0.4, 0.5) is 4.39 Å². The molecule has 1 unspecified atom stereocenters. The molecule has 1 amide bonds. The molecule has 1 atom stereocenters. The fourth-order valence-corrected chi connectivity index (χ4v) is 6.73. The van der Waals surface area contributed by atoms with Crippen molar-refractivity contribution in [1.82, 2.24) is 10.6 Å². The SMILES string of the molecule is CC(NC(=O)C1CCC(CCS(=O)(=O)c2ccc(-c3ccc(CNCC(=O)O)cc3)cc2)CC1)c1ccc(F)cc1. The van der Waals surface area contributed by atoms with Gasteiger partial charge in [-0.15, -0.1) is 0 Å². The lowest BCUT2D eigenvalue weighted by molar-refractivity contribution is -0.136. The third kappa shape index (κ3) is 8.71. The van der Waals surface area contributed by atoms with Crippen LogP contribution in [-0.4, -0.2) is 37.7 Å². The molecule has 7 nitrogen and oxygen atoms in total. The normalized spacial score (nSPS) is 18.0. The first kappa shape index (κ1) is 30.4. The van der Waals surface area contributed by atoms with Crippen molar-refractivity contribution in [2.24, 2.45) is 11.8 Å². The summed E-state index contributed by atoms with van der Waals surface area (Å²) in [4.78, 5) is 23.7. The lowest BCUT2D eigenvalue weighted by Gasteiger charge is -2.28. The molecule has 0 aromatic heterocycles. The van der Waals surface area contributed by atoms with E-state index in [1.54, 1.807) is 36.4 Å². The standard InChI is InChI=1S/C32H37FN2O5S/c1-22(25-10-14-29(33)15-11-25)35-32(38)28-8-2-23(3-9-28)18-19-41(39,40)30-16-12-27(13-17-30)26-6-4-24(5-7-26)20-34-21-31(36)37/h4-7,10-17,22-23,28,34H,2-3,8-9,18-21H2,1H3,(H,35,38)(H,36,37). The summed E-state index contributed by atoms with van der Waals surface area (Å²) in [5, 5.41) is 14.6. The van der Waals surface area contributed by atoms with Gasteiger partial charge in [0.1, 0.15) is 5.82 Å². The Bertz CT molecular complexity index is 1420. The molecule has 41 heavy (non-hydrogen) atoms. The first-order valence-electron chi connectivity index (χ1n) is 14.0. The van der Waals surface area contributed by atoms with Crippen LogP contribution >= 0.6 is 0 Å². The molecule has 3 aromatic rings. The number of carboxylic acids is 1. The zero-order chi connectivity index (χ0) is 29.4. The lowest BCUT2D eigenvalue weighted by Crippen LogP contribution is -2.35. The van der Waals surface area contributed by atoms with Crippen molar-refractivity contribution in [2.75, 3.05) is 12.3 Å². The van der Waals surface area contributed by atoms with Crippen LogP contribution in [0.25, 0.3) is 11.1 Å². The van der Waals surface area contributed by atoms with Crippen LogP contribution in [0.3, 0.4) is 0 Å². The Morgan fingerprint density at radius 3 is 2.07 bits per heavy atom. The minimum absolute atomic E-state index is 0.00233. The highest BCUT2D eigenvalue weighted by molar-refractivity contribution is 7.91. The van der Waals surface area contributed by atoms with Crippen LogP contribution in [0.15, 0.2) is 77.7 Å². The predicted molar refractivity (Wildman–Crippen MR) is 156 cm³/mol. The average molecular weight is 581 g/mol. The van der Waals surface area contributed by atoms with Crippen molar-refractivity contribution in [1.29, 1.82) is 0 Å². The van der Waals surface area contributed by atoms with E-state index in [4.69, 9.17) is 5.11 Å². The number of rotatable bonds is 12. The van der Waals surface area contributed by atoms with Gasteiger partial charge >= 0.3 is 5.97 Å². The van der Waals surface area contributed by atoms with Gasteiger partial charge in [-0.3, -0.25) is 9.59 Å². The number of carbonyl (C=O) groups is 2. The second-order valence-corrected chi connectivity index (χ2v) is 12.9. The van der Waals surface area contributed by atoms with E-state index < -0.39 is 15.8 Å². The monoisotopic (exact) mass is 580 g/mol. The van der Waals surface area contributed by atoms with Crippen molar-refractivity contribution in [2.45, 2.75) is 56.5 Å². The number of amides is 1. The Hall–Kier alpha value is -3.56. The quantitative estimate of drug-likeness (QED) is 0.260. The summed E-state index contributed by atoms with van der Waals surface area (Å²) in [6.07, 6.45) is 3.67. The Balaban J connectivity index is 1.23. The summed E-state index contributed by atoms with van der Waals surface area (Å²) in [5.41, 5.74) is 3.67. The highest BCUT2D eigenvalue weighted by atomic mass is 32.2. The molecule has 9 heteroatoms. The van der Waals surface area contributed by atoms with Gasteiger partial charge in [0.2, 0.25) is 5.91 Å². The summed E-state index contributed by atoms with van der Waals surface area (Å²) in [5.74, 6) is -0.957. The summed E-state index contributed by atoms with van der Waals surface area (Å²) >= 11 is 0. The predicted octanol–water partition coefficient (Wildman–Crippen LogP) is 5.51. The molecule has 0 bridgehead atoms. The maximum atomic E-state index is 13.2. The van der Waals surface area contributed by atoms with Gasteiger partial charge in [-0.05, 0) is 91.5 Å². The topological polar surface area (TPSA) is 113 Å². The molecule has 1 aliphatic carbocycles. The summed E-state index contributed by atoms with van der Waals surface area (Å²) in [6, 6.07) is 20.5. The van der Waals surface area contributed by atoms with E-state index >= 15 is 0 Å². The number of aliphatic carboxylic acids is 1. The Morgan fingerprint density at radius 1 is 0.902 bits per heavy atom. The zero-order valence-corrected chi connectivity index (χ0v) is 24.0. The minimum Gasteiger partial charge on any atom is -0.480 e. The number of hydrogen-bond acceptors (Lipinski definition) is 5. The third-order valence-electron chi connectivity index (χ3n) is 7.85. The van der Waals surface area contributed by atoms with E-state index in [2.05, 4.69) is 10.6 Å². The molecular weight excluding hydrogens is 543 g/mol. The lowest BCUT2D eigenvalue weighted by atomic mass is 9.80. The molecule has 1 fully saturated rings. The number of nitrogens with one attached hydrogen (secondary N) is 2. The largest absolute Gasteiger partial charge is 0.480 e. The molecular formula is C32H37FN2O5S. The van der Waals surface area contributed by atoms with E-state index in [9.17, 15) is 22.4 Å². The van der Waals surface area contributed by atoms with Gasteiger partial charge < -0.3 is 15.7 Å². The van der Waals surface area contributed by atoms with Crippen molar-refractivity contribution >= 4 is 21.7 Å². The van der Waals surface area contributed by atoms with Crippen molar-refractivity contribution < 1.29 is 27.5 Å². The van der Waals surface area contributed by atoms with Crippen LogP contribution in [0, 0.1) is 17.7 Å². The Kier molecular flexibility index (Phi) is 10.3. The fourth-order valence-electron chi connectivity index (χ4n) is 5.30. The molecule has 0 radical (unpaired) electrons.